The molecule has 6 nitrogen and oxygen atoms in total. The molecular formula is C6H13NO5. The molecular weight excluding hydrogens is 166 g/mol. The Balaban J connectivity index is 4.08. The first-order chi connectivity index (χ1) is 5.54. The van der Waals surface area contributed by atoms with Crippen LogP contribution in [0.15, 0.2) is 0 Å². The topological polar surface area (TPSA) is 110 Å². The number of carbonyl (C=O) groups excluding carboxylic acids is 1. The molecule has 0 radical (unpaired) electrons. The molecule has 5 N–H and O–H groups in total. The van der Waals surface area contributed by atoms with Crippen molar-refractivity contribution in [2.75, 3.05) is 13.7 Å². The van der Waals surface area contributed by atoms with E-state index < -0.39 is 30.8 Å². The fraction of sp³-hybridized carbons (Fsp3) is 0.833. The summed E-state index contributed by atoms with van der Waals surface area (Å²) in [4.78, 5) is 10.7. The zero-order valence-corrected chi connectivity index (χ0v) is 6.64. The molecule has 0 fully saturated rings. The Morgan fingerprint density at radius 1 is 1.42 bits per heavy atom. The lowest BCUT2D eigenvalue weighted by Crippen LogP contribution is -2.47. The molecule has 12 heavy (non-hydrogen) atoms. The molecule has 1 amide bonds. The van der Waals surface area contributed by atoms with Gasteiger partial charge in [-0.3, -0.25) is 4.79 Å². The number of aliphatic hydroxyl groups is 4. The molecule has 72 valence electrons. The first kappa shape index (κ1) is 11.3. The summed E-state index contributed by atoms with van der Waals surface area (Å²) in [6.07, 6.45) is -4.91. The second kappa shape index (κ2) is 5.04. The number of aliphatic hydroxyl groups excluding tert-OH is 4. The van der Waals surface area contributed by atoms with Gasteiger partial charge in [-0.05, 0) is 0 Å². The third kappa shape index (κ3) is 2.74. The lowest BCUT2D eigenvalue weighted by molar-refractivity contribution is -0.141. The monoisotopic (exact) mass is 179 g/mol. The van der Waals surface area contributed by atoms with Gasteiger partial charge in [-0.1, -0.05) is 0 Å². The van der Waals surface area contributed by atoms with Gasteiger partial charge in [-0.15, -0.1) is 0 Å². The highest BCUT2D eigenvalue weighted by Crippen LogP contribution is 1.99. The van der Waals surface area contributed by atoms with E-state index in [0.717, 1.165) is 0 Å². The van der Waals surface area contributed by atoms with Gasteiger partial charge < -0.3 is 25.7 Å². The van der Waals surface area contributed by atoms with Crippen molar-refractivity contribution in [2.45, 2.75) is 18.3 Å². The van der Waals surface area contributed by atoms with E-state index in [-0.39, 0.29) is 0 Å². The molecule has 0 saturated heterocycles. The molecule has 6 heteroatoms. The van der Waals surface area contributed by atoms with E-state index in [1.807, 2.05) is 0 Å². The summed E-state index contributed by atoms with van der Waals surface area (Å²) in [5, 5.41) is 37.2. The van der Waals surface area contributed by atoms with Crippen molar-refractivity contribution < 1.29 is 25.2 Å². The first-order valence-electron chi connectivity index (χ1n) is 3.41. The Morgan fingerprint density at radius 2 is 1.92 bits per heavy atom. The summed E-state index contributed by atoms with van der Waals surface area (Å²) in [5.41, 5.74) is 0. The van der Waals surface area contributed by atoms with Gasteiger partial charge >= 0.3 is 0 Å². The summed E-state index contributed by atoms with van der Waals surface area (Å²) < 4.78 is 0. The summed E-state index contributed by atoms with van der Waals surface area (Å²) in [7, 11) is 1.28. The number of hydrogen-bond donors (Lipinski definition) is 5. The molecule has 0 bridgehead atoms. The largest absolute Gasteiger partial charge is 0.394 e. The van der Waals surface area contributed by atoms with Gasteiger partial charge in [0, 0.05) is 7.05 Å². The predicted molar refractivity (Wildman–Crippen MR) is 39.2 cm³/mol. The normalized spacial score (nSPS) is 18.1. The number of nitrogens with one attached hydrogen (secondary N) is 1. The van der Waals surface area contributed by atoms with Gasteiger partial charge in [0.2, 0.25) is 0 Å². The highest BCUT2D eigenvalue weighted by molar-refractivity contribution is 5.80. The lowest BCUT2D eigenvalue weighted by Gasteiger charge is -2.19. The maximum Gasteiger partial charge on any atom is 0.251 e. The molecule has 0 heterocycles. The number of likely N-dealkylation sites (N-methyl/N-ethyl adjacent to an activating group) is 1. The van der Waals surface area contributed by atoms with Crippen molar-refractivity contribution in [1.82, 2.24) is 5.32 Å². The minimum absolute atomic E-state index is 0.713. The van der Waals surface area contributed by atoms with E-state index in [0.29, 0.717) is 0 Å². The van der Waals surface area contributed by atoms with Crippen LogP contribution in [0.5, 0.6) is 0 Å². The summed E-state index contributed by atoms with van der Waals surface area (Å²) in [6, 6.07) is 0. The minimum atomic E-state index is -1.72. The highest BCUT2D eigenvalue weighted by Gasteiger charge is 2.28. The fourth-order valence-electron chi connectivity index (χ4n) is 0.621. The molecule has 0 aromatic heterocycles. The zero-order valence-electron chi connectivity index (χ0n) is 6.64. The molecule has 0 rings (SSSR count). The van der Waals surface area contributed by atoms with E-state index >= 15 is 0 Å². The number of hydrogen-bond acceptors (Lipinski definition) is 5. The lowest BCUT2D eigenvalue weighted by atomic mass is 10.1. The molecule has 0 aliphatic rings. The van der Waals surface area contributed by atoms with E-state index in [4.69, 9.17) is 20.4 Å². The van der Waals surface area contributed by atoms with Gasteiger partial charge in [0.1, 0.15) is 12.2 Å². The minimum Gasteiger partial charge on any atom is -0.394 e. The Morgan fingerprint density at radius 3 is 2.25 bits per heavy atom. The quantitative estimate of drug-likeness (QED) is 0.312. The summed E-state index contributed by atoms with van der Waals surface area (Å²) in [6.45, 7) is -0.713. The maximum absolute atomic E-state index is 10.7. The summed E-state index contributed by atoms with van der Waals surface area (Å²) >= 11 is 0. The molecule has 0 aliphatic carbocycles. The molecule has 0 spiro atoms. The Hall–Kier alpha value is -0.690. The van der Waals surface area contributed by atoms with Crippen LogP contribution in [-0.2, 0) is 4.79 Å². The van der Waals surface area contributed by atoms with Crippen LogP contribution in [0.1, 0.15) is 0 Å². The van der Waals surface area contributed by atoms with Crippen LogP contribution in [0.2, 0.25) is 0 Å². The van der Waals surface area contributed by atoms with Crippen molar-refractivity contribution in [3.05, 3.63) is 0 Å². The second-order valence-electron chi connectivity index (χ2n) is 2.30. The molecule has 0 aromatic carbocycles. The third-order valence-corrected chi connectivity index (χ3v) is 1.42. The molecule has 0 aliphatic heterocycles. The Labute approximate surface area is 69.5 Å². The van der Waals surface area contributed by atoms with Crippen LogP contribution in [0.3, 0.4) is 0 Å². The van der Waals surface area contributed by atoms with Gasteiger partial charge in [0.15, 0.2) is 6.10 Å². The van der Waals surface area contributed by atoms with Crippen LogP contribution in [-0.4, -0.2) is 58.3 Å². The standard InChI is InChI=1S/C6H13NO5/c1-7-6(12)5(11)4(10)3(9)2-8/h3-5,8-11H,2H2,1H3,(H,7,12)/t3-,4+,5-/m0/s1. The fourth-order valence-corrected chi connectivity index (χ4v) is 0.621. The average molecular weight is 179 g/mol. The highest BCUT2D eigenvalue weighted by atomic mass is 16.4. The zero-order chi connectivity index (χ0) is 9.72. The molecule has 0 unspecified atom stereocenters. The van der Waals surface area contributed by atoms with E-state index in [1.165, 1.54) is 7.05 Å². The maximum atomic E-state index is 10.7. The van der Waals surface area contributed by atoms with Gasteiger partial charge in [0.05, 0.1) is 6.61 Å². The molecule has 0 aromatic rings. The average Bonchev–Trinajstić information content (AvgIpc) is 2.12. The number of amides is 1. The Kier molecular flexibility index (Phi) is 4.75. The smallest absolute Gasteiger partial charge is 0.251 e. The SMILES string of the molecule is CNC(=O)[C@@H](O)[C@H](O)[C@@H](O)CO. The van der Waals surface area contributed by atoms with Crippen molar-refractivity contribution >= 4 is 5.91 Å². The van der Waals surface area contributed by atoms with Crippen LogP contribution in [0, 0.1) is 0 Å². The van der Waals surface area contributed by atoms with E-state index in [1.54, 1.807) is 0 Å². The Bertz CT molecular complexity index is 151. The van der Waals surface area contributed by atoms with Gasteiger partial charge in [0.25, 0.3) is 5.91 Å². The summed E-state index contributed by atoms with van der Waals surface area (Å²) in [5.74, 6) is -0.810. The molecule has 3 atom stereocenters. The van der Waals surface area contributed by atoms with Crippen molar-refractivity contribution in [2.24, 2.45) is 0 Å². The van der Waals surface area contributed by atoms with Crippen molar-refractivity contribution in [3.8, 4) is 0 Å². The number of rotatable bonds is 4. The van der Waals surface area contributed by atoms with Crippen LogP contribution >= 0.6 is 0 Å². The first-order valence-corrected chi connectivity index (χ1v) is 3.41. The van der Waals surface area contributed by atoms with Gasteiger partial charge in [-0.2, -0.15) is 0 Å². The predicted octanol–water partition coefficient (Wildman–Crippen LogP) is -3.19. The van der Waals surface area contributed by atoms with E-state index in [2.05, 4.69) is 5.32 Å². The molecule has 0 saturated carbocycles. The van der Waals surface area contributed by atoms with E-state index in [9.17, 15) is 4.79 Å². The van der Waals surface area contributed by atoms with Crippen molar-refractivity contribution in [1.29, 1.82) is 0 Å². The number of carbonyl (C=O) groups is 1. The van der Waals surface area contributed by atoms with Crippen LogP contribution < -0.4 is 5.32 Å². The van der Waals surface area contributed by atoms with Crippen LogP contribution in [0.4, 0.5) is 0 Å². The van der Waals surface area contributed by atoms with Crippen LogP contribution in [0.25, 0.3) is 0 Å². The van der Waals surface area contributed by atoms with Gasteiger partial charge in [-0.25, -0.2) is 0 Å². The second-order valence-corrected chi connectivity index (χ2v) is 2.30. The van der Waals surface area contributed by atoms with Crippen molar-refractivity contribution in [3.63, 3.8) is 0 Å². The third-order valence-electron chi connectivity index (χ3n) is 1.42.